The number of anilines is 1. The molecule has 0 saturated carbocycles. The lowest BCUT2D eigenvalue weighted by Gasteiger charge is -2.35. The van der Waals surface area contributed by atoms with Gasteiger partial charge < -0.3 is 14.0 Å². The molecule has 2 aromatic carbocycles. The number of hydrogen-bond acceptors (Lipinski definition) is 7. The van der Waals surface area contributed by atoms with E-state index in [0.717, 1.165) is 11.8 Å². The Morgan fingerprint density at radius 1 is 1.07 bits per heavy atom. The van der Waals surface area contributed by atoms with Crippen LogP contribution in [-0.4, -0.2) is 50.3 Å². The first-order valence-electron chi connectivity index (χ1n) is 8.97. The molecule has 29 heavy (non-hydrogen) atoms. The number of carbonyl (C=O) groups is 1. The van der Waals surface area contributed by atoms with Gasteiger partial charge in [-0.1, -0.05) is 6.07 Å². The highest BCUT2D eigenvalue weighted by atomic mass is 32.2. The number of piperazine rings is 1. The largest absolute Gasteiger partial charge is 0.379 e. The fourth-order valence-corrected chi connectivity index (χ4v) is 4.06. The SMILES string of the molecule is CC(=O)N1CCN(c2ccc(OS(=O)(=O)c3ccc(C)c([N+](=O)[O-])c3)cc2)CC1. The van der Waals surface area contributed by atoms with Crippen LogP contribution in [0.4, 0.5) is 11.4 Å². The van der Waals surface area contributed by atoms with Crippen LogP contribution >= 0.6 is 0 Å². The summed E-state index contributed by atoms with van der Waals surface area (Å²) in [6, 6.07) is 10.2. The Morgan fingerprint density at radius 2 is 1.69 bits per heavy atom. The van der Waals surface area contributed by atoms with Gasteiger partial charge >= 0.3 is 10.1 Å². The predicted molar refractivity (Wildman–Crippen MR) is 107 cm³/mol. The van der Waals surface area contributed by atoms with Gasteiger partial charge in [0, 0.05) is 50.4 Å². The van der Waals surface area contributed by atoms with E-state index < -0.39 is 15.0 Å². The molecule has 1 aliphatic heterocycles. The van der Waals surface area contributed by atoms with E-state index in [4.69, 9.17) is 4.18 Å². The van der Waals surface area contributed by atoms with Crippen LogP contribution in [0.2, 0.25) is 0 Å². The minimum atomic E-state index is -4.20. The van der Waals surface area contributed by atoms with E-state index in [1.54, 1.807) is 24.0 Å². The fraction of sp³-hybridized carbons (Fsp3) is 0.316. The van der Waals surface area contributed by atoms with Gasteiger partial charge in [-0.25, -0.2) is 0 Å². The van der Waals surface area contributed by atoms with Crippen LogP contribution in [0.3, 0.4) is 0 Å². The number of nitrogens with zero attached hydrogens (tertiary/aromatic N) is 3. The highest BCUT2D eigenvalue weighted by molar-refractivity contribution is 7.87. The molecule has 0 spiro atoms. The average Bonchev–Trinajstić information content (AvgIpc) is 2.68. The van der Waals surface area contributed by atoms with Gasteiger partial charge in [0.2, 0.25) is 5.91 Å². The topological polar surface area (TPSA) is 110 Å². The van der Waals surface area contributed by atoms with Crippen LogP contribution in [0.25, 0.3) is 0 Å². The van der Waals surface area contributed by atoms with Crippen LogP contribution < -0.4 is 9.08 Å². The third-order valence-electron chi connectivity index (χ3n) is 4.80. The monoisotopic (exact) mass is 419 g/mol. The Kier molecular flexibility index (Phi) is 5.73. The molecule has 154 valence electrons. The molecular formula is C19H21N3O6S. The van der Waals surface area contributed by atoms with Gasteiger partial charge in [-0.15, -0.1) is 0 Å². The van der Waals surface area contributed by atoms with E-state index in [1.165, 1.54) is 31.2 Å². The summed E-state index contributed by atoms with van der Waals surface area (Å²) < 4.78 is 30.1. The molecule has 3 rings (SSSR count). The van der Waals surface area contributed by atoms with Crippen molar-refractivity contribution < 1.29 is 22.3 Å². The summed E-state index contributed by atoms with van der Waals surface area (Å²) in [5.41, 5.74) is 0.974. The third-order valence-corrected chi connectivity index (χ3v) is 6.04. The third kappa shape index (κ3) is 4.65. The molecule has 1 saturated heterocycles. The second-order valence-corrected chi connectivity index (χ2v) is 8.28. The van der Waals surface area contributed by atoms with Gasteiger partial charge in [-0.2, -0.15) is 8.42 Å². The van der Waals surface area contributed by atoms with Gasteiger partial charge in [-0.05, 0) is 37.3 Å². The molecule has 1 heterocycles. The van der Waals surface area contributed by atoms with Crippen molar-refractivity contribution in [3.05, 3.63) is 58.1 Å². The number of carbonyl (C=O) groups excluding carboxylic acids is 1. The van der Waals surface area contributed by atoms with Crippen molar-refractivity contribution in [2.45, 2.75) is 18.7 Å². The van der Waals surface area contributed by atoms with Crippen LogP contribution in [0, 0.1) is 17.0 Å². The normalized spacial score (nSPS) is 14.6. The minimum Gasteiger partial charge on any atom is -0.379 e. The molecule has 1 fully saturated rings. The highest BCUT2D eigenvalue weighted by Gasteiger charge is 2.22. The number of amides is 1. The zero-order valence-electron chi connectivity index (χ0n) is 16.1. The van der Waals surface area contributed by atoms with Crippen molar-refractivity contribution in [1.82, 2.24) is 4.90 Å². The standard InChI is InChI=1S/C19H21N3O6S/c1-14-3-8-18(13-19(14)22(24)25)29(26,27)28-17-6-4-16(5-7-17)21-11-9-20(10-12-21)15(2)23/h3-8,13H,9-12H2,1-2H3. The smallest absolute Gasteiger partial charge is 0.339 e. The van der Waals surface area contributed by atoms with Gasteiger partial charge in [0.25, 0.3) is 5.69 Å². The second kappa shape index (κ2) is 8.08. The molecular weight excluding hydrogens is 398 g/mol. The average molecular weight is 419 g/mol. The maximum atomic E-state index is 12.5. The lowest BCUT2D eigenvalue weighted by Crippen LogP contribution is -2.48. The summed E-state index contributed by atoms with van der Waals surface area (Å²) in [6.45, 7) is 5.72. The van der Waals surface area contributed by atoms with E-state index >= 15 is 0 Å². The molecule has 1 amide bonds. The van der Waals surface area contributed by atoms with Crippen LogP contribution in [0.5, 0.6) is 5.75 Å². The zero-order chi connectivity index (χ0) is 21.2. The molecule has 0 aromatic heterocycles. The summed E-state index contributed by atoms with van der Waals surface area (Å²) >= 11 is 0. The Bertz CT molecular complexity index is 1030. The highest BCUT2D eigenvalue weighted by Crippen LogP contribution is 2.26. The minimum absolute atomic E-state index is 0.0509. The van der Waals surface area contributed by atoms with Crippen molar-refractivity contribution in [2.24, 2.45) is 0 Å². The molecule has 9 nitrogen and oxygen atoms in total. The first-order valence-corrected chi connectivity index (χ1v) is 10.4. The molecule has 0 atom stereocenters. The first-order chi connectivity index (χ1) is 13.7. The van der Waals surface area contributed by atoms with Crippen LogP contribution in [0.1, 0.15) is 12.5 Å². The lowest BCUT2D eigenvalue weighted by molar-refractivity contribution is -0.385. The number of nitro groups is 1. The quantitative estimate of drug-likeness (QED) is 0.415. The van der Waals surface area contributed by atoms with Crippen molar-refractivity contribution in [2.75, 3.05) is 31.1 Å². The Labute approximate surface area is 168 Å². The van der Waals surface area contributed by atoms with E-state index in [0.29, 0.717) is 31.7 Å². The van der Waals surface area contributed by atoms with Crippen molar-refractivity contribution in [1.29, 1.82) is 0 Å². The molecule has 0 unspecified atom stereocenters. The summed E-state index contributed by atoms with van der Waals surface area (Å²) in [5, 5.41) is 11.0. The molecule has 1 aliphatic rings. The van der Waals surface area contributed by atoms with Gasteiger partial charge in [-0.3, -0.25) is 14.9 Å². The zero-order valence-corrected chi connectivity index (χ0v) is 16.9. The fourth-order valence-electron chi connectivity index (χ4n) is 3.11. The lowest BCUT2D eigenvalue weighted by atomic mass is 10.2. The van der Waals surface area contributed by atoms with Gasteiger partial charge in [0.1, 0.15) is 10.6 Å². The van der Waals surface area contributed by atoms with Gasteiger partial charge in [0.15, 0.2) is 0 Å². The van der Waals surface area contributed by atoms with Crippen molar-refractivity contribution in [3.8, 4) is 5.75 Å². The van der Waals surface area contributed by atoms with Crippen LogP contribution in [0.15, 0.2) is 47.4 Å². The molecule has 2 aromatic rings. The molecule has 0 N–H and O–H groups in total. The molecule has 10 heteroatoms. The molecule has 0 aliphatic carbocycles. The van der Waals surface area contributed by atoms with Crippen molar-refractivity contribution >= 4 is 27.4 Å². The van der Waals surface area contributed by atoms with Crippen LogP contribution in [-0.2, 0) is 14.9 Å². The van der Waals surface area contributed by atoms with E-state index in [-0.39, 0.29) is 22.2 Å². The number of rotatable bonds is 5. The summed E-state index contributed by atoms with van der Waals surface area (Å²) in [4.78, 5) is 25.4. The summed E-state index contributed by atoms with van der Waals surface area (Å²) in [6.07, 6.45) is 0. The molecule has 0 radical (unpaired) electrons. The van der Waals surface area contributed by atoms with E-state index in [9.17, 15) is 23.3 Å². The van der Waals surface area contributed by atoms with E-state index in [2.05, 4.69) is 4.90 Å². The number of benzene rings is 2. The maximum Gasteiger partial charge on any atom is 0.339 e. The second-order valence-electron chi connectivity index (χ2n) is 6.73. The van der Waals surface area contributed by atoms with E-state index in [1.807, 2.05) is 0 Å². The number of aryl methyl sites for hydroxylation is 1. The Hall–Kier alpha value is -3.14. The van der Waals surface area contributed by atoms with Gasteiger partial charge in [0.05, 0.1) is 4.92 Å². The summed E-state index contributed by atoms with van der Waals surface area (Å²) in [5.74, 6) is 0.161. The first kappa shape index (κ1) is 20.6. The summed E-state index contributed by atoms with van der Waals surface area (Å²) in [7, 11) is -4.20. The Balaban J connectivity index is 1.72. The number of nitro benzene ring substituents is 1. The maximum absolute atomic E-state index is 12.5. The Morgan fingerprint density at radius 3 is 2.24 bits per heavy atom. The van der Waals surface area contributed by atoms with Crippen molar-refractivity contribution in [3.63, 3.8) is 0 Å². The number of hydrogen-bond donors (Lipinski definition) is 0. The predicted octanol–water partition coefficient (Wildman–Crippen LogP) is 2.34. The molecule has 0 bridgehead atoms.